The molecule has 0 bridgehead atoms. The highest BCUT2D eigenvalue weighted by molar-refractivity contribution is 7.11. The Bertz CT molecular complexity index is 740. The van der Waals surface area contributed by atoms with Crippen LogP contribution in [0, 0.1) is 13.8 Å². The van der Waals surface area contributed by atoms with Gasteiger partial charge < -0.3 is 4.74 Å². The zero-order chi connectivity index (χ0) is 14.1. The lowest BCUT2D eigenvalue weighted by Crippen LogP contribution is -2.05. The second-order valence-corrected chi connectivity index (χ2v) is 5.62. The number of esters is 1. The minimum atomic E-state index is -0.394. The van der Waals surface area contributed by atoms with Crippen LogP contribution in [0.3, 0.4) is 0 Å². The molecule has 0 fully saturated rings. The van der Waals surface area contributed by atoms with Crippen LogP contribution < -0.4 is 0 Å². The van der Waals surface area contributed by atoms with Crippen molar-refractivity contribution < 1.29 is 9.53 Å². The summed E-state index contributed by atoms with van der Waals surface area (Å²) in [6.07, 6.45) is 1.78. The topological polar surface area (TPSA) is 38.7 Å². The van der Waals surface area contributed by atoms with E-state index >= 15 is 0 Å². The van der Waals surface area contributed by atoms with Crippen LogP contribution in [-0.4, -0.2) is 11.9 Å². The fourth-order valence-corrected chi connectivity index (χ4v) is 2.82. The van der Waals surface area contributed by atoms with Crippen LogP contribution in [0.25, 0.3) is 6.08 Å². The van der Waals surface area contributed by atoms with Crippen molar-refractivity contribution in [2.75, 3.05) is 0 Å². The Hall–Kier alpha value is -2.20. The number of hydrogen-bond acceptors (Lipinski definition) is 4. The van der Waals surface area contributed by atoms with Crippen LogP contribution in [0.4, 0.5) is 0 Å². The number of ether oxygens (including phenoxy) is 1. The minimum absolute atomic E-state index is 0.354. The molecule has 20 heavy (non-hydrogen) atoms. The number of carbonyl (C=O) groups excluding carboxylic acids is 1. The summed E-state index contributed by atoms with van der Waals surface area (Å²) in [6, 6.07) is 9.77. The molecule has 0 amide bonds. The summed E-state index contributed by atoms with van der Waals surface area (Å²) in [7, 11) is 0. The highest BCUT2D eigenvalue weighted by Gasteiger charge is 2.24. The molecule has 3 nitrogen and oxygen atoms in total. The maximum Gasteiger partial charge on any atom is 0.363 e. The molecule has 3 rings (SSSR count). The number of carbonyl (C=O) groups is 1. The van der Waals surface area contributed by atoms with Crippen molar-refractivity contribution >= 4 is 29.3 Å². The average molecular weight is 283 g/mol. The van der Waals surface area contributed by atoms with Crippen LogP contribution in [0.15, 0.2) is 46.4 Å². The summed E-state index contributed by atoms with van der Waals surface area (Å²) in [5.74, 6) is -0.0199. The van der Waals surface area contributed by atoms with Crippen LogP contribution in [0.5, 0.6) is 0 Å². The Labute approximate surface area is 121 Å². The molecule has 1 aromatic heterocycles. The number of nitrogens with zero attached hydrogens (tertiary/aromatic N) is 1. The quantitative estimate of drug-likeness (QED) is 0.622. The predicted molar refractivity (Wildman–Crippen MR) is 80.8 cm³/mol. The van der Waals surface area contributed by atoms with Gasteiger partial charge in [-0.25, -0.2) is 9.79 Å². The highest BCUT2D eigenvalue weighted by atomic mass is 32.1. The molecule has 2 aromatic rings. The van der Waals surface area contributed by atoms with Crippen LogP contribution >= 0.6 is 11.3 Å². The van der Waals surface area contributed by atoms with Crippen LogP contribution in [0.1, 0.15) is 21.6 Å². The normalized spacial score (nSPS) is 16.4. The maximum atomic E-state index is 11.9. The monoisotopic (exact) mass is 283 g/mol. The van der Waals surface area contributed by atoms with Gasteiger partial charge in [-0.2, -0.15) is 0 Å². The number of hydrogen-bond donors (Lipinski definition) is 0. The second-order valence-electron chi connectivity index (χ2n) is 4.67. The number of aliphatic imine (C=N–C) groups is 1. The zero-order valence-corrected chi connectivity index (χ0v) is 12.0. The number of rotatable bonds is 2. The molecular weight excluding hydrogens is 270 g/mol. The van der Waals surface area contributed by atoms with Crippen molar-refractivity contribution in [2.24, 2.45) is 4.99 Å². The van der Waals surface area contributed by atoms with Crippen molar-refractivity contribution in [2.45, 2.75) is 13.8 Å². The molecule has 100 valence electrons. The lowest BCUT2D eigenvalue weighted by atomic mass is 10.1. The zero-order valence-electron chi connectivity index (χ0n) is 11.2. The third kappa shape index (κ3) is 2.42. The first kappa shape index (κ1) is 12.8. The smallest absolute Gasteiger partial charge is 0.363 e. The van der Waals surface area contributed by atoms with E-state index in [1.807, 2.05) is 49.6 Å². The van der Waals surface area contributed by atoms with E-state index in [2.05, 4.69) is 4.99 Å². The predicted octanol–water partition coefficient (Wildman–Crippen LogP) is 3.71. The number of thiophene rings is 1. The Morgan fingerprint density at radius 2 is 2.10 bits per heavy atom. The van der Waals surface area contributed by atoms with E-state index in [0.29, 0.717) is 11.6 Å². The molecule has 1 aliphatic rings. The van der Waals surface area contributed by atoms with Crippen LogP contribution in [0.2, 0.25) is 0 Å². The molecule has 4 heteroatoms. The molecule has 0 N–H and O–H groups in total. The largest absolute Gasteiger partial charge is 0.402 e. The lowest BCUT2D eigenvalue weighted by molar-refractivity contribution is -0.129. The molecule has 0 saturated carbocycles. The van der Waals surface area contributed by atoms with Gasteiger partial charge in [-0.3, -0.25) is 0 Å². The van der Waals surface area contributed by atoms with Gasteiger partial charge in [-0.05, 0) is 49.1 Å². The minimum Gasteiger partial charge on any atom is -0.402 e. The van der Waals surface area contributed by atoms with E-state index in [-0.39, 0.29) is 0 Å². The standard InChI is InChI=1S/C16H13NO2S/c1-10-4-3-5-12(8-10)15-17-13(16(18)19-15)9-14-11(2)6-7-20-14/h3-9H,1-2H3/b13-9-. The van der Waals surface area contributed by atoms with Crippen LogP contribution in [-0.2, 0) is 9.53 Å². The fourth-order valence-electron chi connectivity index (χ4n) is 1.97. The second kappa shape index (κ2) is 5.06. The molecule has 0 saturated heterocycles. The fraction of sp³-hybridized carbons (Fsp3) is 0.125. The van der Waals surface area contributed by atoms with Crippen molar-refractivity contribution in [1.29, 1.82) is 0 Å². The molecule has 1 aromatic carbocycles. The maximum absolute atomic E-state index is 11.9. The van der Waals surface area contributed by atoms with Crippen molar-refractivity contribution in [1.82, 2.24) is 0 Å². The molecule has 0 aliphatic carbocycles. The van der Waals surface area contributed by atoms with E-state index in [1.165, 1.54) is 0 Å². The van der Waals surface area contributed by atoms with Gasteiger partial charge in [0.15, 0.2) is 5.70 Å². The number of cyclic esters (lactones) is 1. The molecule has 1 aliphatic heterocycles. The average Bonchev–Trinajstić information content (AvgIpc) is 2.98. The van der Waals surface area contributed by atoms with Gasteiger partial charge in [0, 0.05) is 10.4 Å². The third-order valence-corrected chi connectivity index (χ3v) is 4.02. The SMILES string of the molecule is Cc1cccc(C2=N/C(=C\c3sccc3C)C(=O)O2)c1. The van der Waals surface area contributed by atoms with E-state index < -0.39 is 5.97 Å². The molecule has 0 unspecified atom stereocenters. The van der Waals surface area contributed by atoms with Crippen molar-refractivity contribution in [3.63, 3.8) is 0 Å². The molecule has 0 spiro atoms. The molecule has 2 heterocycles. The number of aryl methyl sites for hydroxylation is 2. The summed E-state index contributed by atoms with van der Waals surface area (Å²) < 4.78 is 5.25. The Balaban J connectivity index is 1.97. The molecule has 0 atom stereocenters. The van der Waals surface area contributed by atoms with Gasteiger partial charge in [0.1, 0.15) is 0 Å². The number of benzene rings is 1. The molecule has 0 radical (unpaired) electrons. The Morgan fingerprint density at radius 3 is 2.80 bits per heavy atom. The van der Waals surface area contributed by atoms with Crippen molar-refractivity contribution in [3.8, 4) is 0 Å². The summed E-state index contributed by atoms with van der Waals surface area (Å²) in [6.45, 7) is 4.00. The van der Waals surface area contributed by atoms with Gasteiger partial charge in [0.05, 0.1) is 0 Å². The van der Waals surface area contributed by atoms with E-state index in [4.69, 9.17) is 4.74 Å². The first-order valence-electron chi connectivity index (χ1n) is 6.27. The third-order valence-electron chi connectivity index (χ3n) is 3.06. The van der Waals surface area contributed by atoms with Gasteiger partial charge in [-0.15, -0.1) is 11.3 Å². The summed E-state index contributed by atoms with van der Waals surface area (Å²) >= 11 is 1.58. The van der Waals surface area contributed by atoms with Gasteiger partial charge in [0.2, 0.25) is 5.90 Å². The van der Waals surface area contributed by atoms with E-state index in [0.717, 1.165) is 21.6 Å². The first-order chi connectivity index (χ1) is 9.63. The molecular formula is C16H13NO2S. The summed E-state index contributed by atoms with van der Waals surface area (Å²) in [4.78, 5) is 17.2. The van der Waals surface area contributed by atoms with E-state index in [9.17, 15) is 4.79 Å². The lowest BCUT2D eigenvalue weighted by Gasteiger charge is -1.99. The summed E-state index contributed by atoms with van der Waals surface area (Å²) in [5, 5.41) is 1.99. The Morgan fingerprint density at radius 1 is 1.25 bits per heavy atom. The first-order valence-corrected chi connectivity index (χ1v) is 7.15. The highest BCUT2D eigenvalue weighted by Crippen LogP contribution is 2.23. The van der Waals surface area contributed by atoms with E-state index in [1.54, 1.807) is 17.4 Å². The van der Waals surface area contributed by atoms with Gasteiger partial charge in [0.25, 0.3) is 0 Å². The van der Waals surface area contributed by atoms with Crippen molar-refractivity contribution in [3.05, 3.63) is 63.0 Å². The van der Waals surface area contributed by atoms with Gasteiger partial charge >= 0.3 is 5.97 Å². The Kier molecular flexibility index (Phi) is 3.24. The summed E-state index contributed by atoms with van der Waals surface area (Å²) in [5.41, 5.74) is 3.42. The van der Waals surface area contributed by atoms with Gasteiger partial charge in [-0.1, -0.05) is 17.7 Å².